The van der Waals surface area contributed by atoms with Gasteiger partial charge in [-0.15, -0.1) is 0 Å². The van der Waals surface area contributed by atoms with E-state index < -0.39 is 0 Å². The van der Waals surface area contributed by atoms with Gasteiger partial charge in [-0.1, -0.05) is 194 Å². The van der Waals surface area contributed by atoms with E-state index in [2.05, 4.69) is 327 Å². The van der Waals surface area contributed by atoms with Crippen molar-refractivity contribution >= 4 is 135 Å². The van der Waals surface area contributed by atoms with Gasteiger partial charge in [0.15, 0.2) is 11.2 Å². The van der Waals surface area contributed by atoms with Crippen molar-refractivity contribution in [1.82, 2.24) is 0 Å². The first-order valence-corrected chi connectivity index (χ1v) is 31.1. The van der Waals surface area contributed by atoms with E-state index in [1.807, 2.05) is 0 Å². The molecule has 0 bridgehead atoms. The van der Waals surface area contributed by atoms with E-state index in [0.717, 1.165) is 112 Å². The van der Waals surface area contributed by atoms with Crippen LogP contribution in [0.2, 0.25) is 0 Å². The van der Waals surface area contributed by atoms with Gasteiger partial charge in [0.25, 0.3) is 6.71 Å². The highest BCUT2D eigenvalue weighted by atomic mass is 16.3. The molecule has 0 saturated heterocycles. The molecule has 2 aromatic heterocycles. The number of anilines is 12. The van der Waals surface area contributed by atoms with Crippen LogP contribution >= 0.6 is 0 Å². The topological polar surface area (TPSA) is 39.2 Å². The Morgan fingerprint density at radius 2 is 0.807 bits per heavy atom. The summed E-state index contributed by atoms with van der Waals surface area (Å²) in [7, 11) is 0. The summed E-state index contributed by atoms with van der Waals surface area (Å²) in [5, 5.41) is 4.31. The van der Waals surface area contributed by atoms with Gasteiger partial charge < -0.3 is 28.4 Å². The molecule has 0 fully saturated rings. The number of fused-ring (bicyclic) bond motifs is 10. The summed E-state index contributed by atoms with van der Waals surface area (Å²) in [6.07, 6.45) is 0. The highest BCUT2D eigenvalue weighted by Crippen LogP contribution is 2.52. The van der Waals surface area contributed by atoms with Gasteiger partial charge >= 0.3 is 0 Å². The summed E-state index contributed by atoms with van der Waals surface area (Å²) in [6.45, 7) is 27.3. The van der Waals surface area contributed by atoms with E-state index in [0.29, 0.717) is 0 Å². The number of nitrogens with zero attached hydrogens (tertiary/aromatic N) is 4. The third-order valence-corrected chi connectivity index (χ3v) is 18.5. The molecule has 2 aliphatic rings. The van der Waals surface area contributed by atoms with Crippen LogP contribution < -0.4 is 36.0 Å². The van der Waals surface area contributed by atoms with E-state index in [-0.39, 0.29) is 23.0 Å². The van der Waals surface area contributed by atoms with Crippen LogP contribution in [0.25, 0.3) is 43.9 Å². The Morgan fingerprint density at radius 3 is 1.36 bits per heavy atom. The van der Waals surface area contributed by atoms with Gasteiger partial charge in [0.1, 0.15) is 11.2 Å². The summed E-state index contributed by atoms with van der Waals surface area (Å²) >= 11 is 0. The number of benzene rings is 11. The molecule has 4 heterocycles. The molecule has 0 N–H and O–H groups in total. The molecule has 432 valence electrons. The third-order valence-electron chi connectivity index (χ3n) is 18.5. The van der Waals surface area contributed by atoms with Crippen molar-refractivity contribution in [2.24, 2.45) is 0 Å². The number of hydrogen-bond acceptors (Lipinski definition) is 6. The van der Waals surface area contributed by atoms with Gasteiger partial charge in [-0.2, -0.15) is 0 Å². The van der Waals surface area contributed by atoms with Crippen molar-refractivity contribution in [3.63, 3.8) is 0 Å². The molecule has 15 rings (SSSR count). The number of aryl methyl sites for hydroxylation is 3. The summed E-state index contributed by atoms with van der Waals surface area (Å²) in [5.41, 5.74) is 27.0. The summed E-state index contributed by atoms with van der Waals surface area (Å²) in [6, 6.07) is 83.9. The Hall–Kier alpha value is -9.72. The van der Waals surface area contributed by atoms with Gasteiger partial charge in [0, 0.05) is 78.4 Å². The first-order valence-electron chi connectivity index (χ1n) is 31.1. The summed E-state index contributed by atoms with van der Waals surface area (Å²) in [4.78, 5) is 9.95. The molecule has 0 aliphatic carbocycles. The molecule has 0 amide bonds. The lowest BCUT2D eigenvalue weighted by atomic mass is 9.33. The van der Waals surface area contributed by atoms with Crippen LogP contribution in [0.3, 0.4) is 0 Å². The number of furan rings is 2. The molecular formula is C81H73BN4O2. The number of rotatable bonds is 8. The predicted molar refractivity (Wildman–Crippen MR) is 375 cm³/mol. The third kappa shape index (κ3) is 9.07. The molecule has 6 nitrogen and oxygen atoms in total. The maximum Gasteiger partial charge on any atom is 0.252 e. The van der Waals surface area contributed by atoms with Crippen LogP contribution in [0.15, 0.2) is 233 Å². The Morgan fingerprint density at radius 1 is 0.330 bits per heavy atom. The fourth-order valence-corrected chi connectivity index (χ4v) is 13.6. The Kier molecular flexibility index (Phi) is 12.6. The van der Waals surface area contributed by atoms with Gasteiger partial charge in [-0.3, -0.25) is 0 Å². The highest BCUT2D eigenvalue weighted by Gasteiger charge is 2.45. The van der Waals surface area contributed by atoms with Crippen molar-refractivity contribution in [3.8, 4) is 0 Å². The van der Waals surface area contributed by atoms with Gasteiger partial charge in [0.2, 0.25) is 0 Å². The van der Waals surface area contributed by atoms with Crippen LogP contribution in [-0.2, 0) is 16.2 Å². The fourth-order valence-electron chi connectivity index (χ4n) is 13.6. The second kappa shape index (κ2) is 20.2. The fraction of sp³-hybridized carbons (Fsp3) is 0.185. The molecule has 88 heavy (non-hydrogen) atoms. The van der Waals surface area contributed by atoms with E-state index in [1.54, 1.807) is 0 Å². The minimum Gasteiger partial charge on any atom is -0.454 e. The number of hydrogen-bond donors (Lipinski definition) is 0. The Bertz CT molecular complexity index is 4850. The standard InChI is InChI=1S/C81H73BN4O2/c1-50-24-33-56(34-25-50)83(57-35-26-51(2)27-36-57)73-49-61(47-65-63-19-14-16-23-75(63)88-78(65)73)86-68-43-32-54(80(7,8)9)44-67(68)82-66-42-41-60(84(58-37-28-52(3)29-38-58)69-21-17-20-64-62-18-13-15-22-74(62)87-77(64)69)48-70(66)85(59-39-30-53(31-40-59)79(4,5)6)71-45-55(81(10,11)12)46-72(86)76(71)82/h13-49H,1-12H3. The lowest BCUT2D eigenvalue weighted by Gasteiger charge is -2.46. The average Bonchev–Trinajstić information content (AvgIpc) is 0.822. The number of para-hydroxylation sites is 3. The normalized spacial score (nSPS) is 13.2. The van der Waals surface area contributed by atoms with E-state index in [9.17, 15) is 0 Å². The molecule has 0 radical (unpaired) electrons. The van der Waals surface area contributed by atoms with Gasteiger partial charge in [-0.05, 0) is 179 Å². The van der Waals surface area contributed by atoms with Crippen molar-refractivity contribution < 1.29 is 8.83 Å². The zero-order valence-corrected chi connectivity index (χ0v) is 52.5. The maximum absolute atomic E-state index is 7.09. The highest BCUT2D eigenvalue weighted by molar-refractivity contribution is 7.00. The second-order valence-electron chi connectivity index (χ2n) is 27.7. The predicted octanol–water partition coefficient (Wildman–Crippen LogP) is 21.3. The first kappa shape index (κ1) is 54.9. The smallest absolute Gasteiger partial charge is 0.252 e. The lowest BCUT2D eigenvalue weighted by Crippen LogP contribution is -2.61. The van der Waals surface area contributed by atoms with Gasteiger partial charge in [0.05, 0.1) is 11.4 Å². The molecule has 2 aliphatic heterocycles. The molecule has 7 heteroatoms. The Labute approximate surface area is 518 Å². The van der Waals surface area contributed by atoms with Crippen molar-refractivity contribution in [2.45, 2.75) is 99.3 Å². The first-order chi connectivity index (χ1) is 42.2. The zero-order chi connectivity index (χ0) is 60.7. The van der Waals surface area contributed by atoms with Gasteiger partial charge in [-0.25, -0.2) is 0 Å². The maximum atomic E-state index is 7.09. The summed E-state index contributed by atoms with van der Waals surface area (Å²) < 4.78 is 14.0. The van der Waals surface area contributed by atoms with Crippen LogP contribution in [0, 0.1) is 20.8 Å². The van der Waals surface area contributed by atoms with Crippen molar-refractivity contribution in [1.29, 1.82) is 0 Å². The molecule has 0 unspecified atom stereocenters. The van der Waals surface area contributed by atoms with Crippen LogP contribution in [-0.4, -0.2) is 6.71 Å². The minimum atomic E-state index is -0.246. The minimum absolute atomic E-state index is 0.0438. The van der Waals surface area contributed by atoms with Crippen molar-refractivity contribution in [3.05, 3.63) is 258 Å². The lowest BCUT2D eigenvalue weighted by molar-refractivity contribution is 0.590. The van der Waals surface area contributed by atoms with Crippen LogP contribution in [0.1, 0.15) is 95.7 Å². The largest absolute Gasteiger partial charge is 0.454 e. The van der Waals surface area contributed by atoms with Crippen LogP contribution in [0.4, 0.5) is 68.2 Å². The zero-order valence-electron chi connectivity index (χ0n) is 52.5. The average molecular weight is 1150 g/mol. The molecule has 0 spiro atoms. The SMILES string of the molecule is Cc1ccc(N(c2ccc3c(c2)N(c2ccc(C(C)(C)C)cc2)c2cc(C(C)(C)C)cc4c2B3c2cc(C(C)(C)C)ccc2N4c2cc(N(c3ccc(C)cc3)c3ccc(C)cc3)c3oc4ccccc4c3c2)c2cccc3c2oc2ccccc23)cc1. The monoisotopic (exact) mass is 1140 g/mol. The van der Waals surface area contributed by atoms with Crippen molar-refractivity contribution in [2.75, 3.05) is 19.6 Å². The molecule has 13 aromatic rings. The summed E-state index contributed by atoms with van der Waals surface area (Å²) in [5.74, 6) is 0. The van der Waals surface area contributed by atoms with E-state index >= 15 is 0 Å². The van der Waals surface area contributed by atoms with E-state index in [4.69, 9.17) is 8.83 Å². The van der Waals surface area contributed by atoms with E-state index in [1.165, 1.54) is 49.8 Å². The molecule has 0 saturated carbocycles. The quantitative estimate of drug-likeness (QED) is 0.141. The molecular weight excluding hydrogens is 1070 g/mol. The second-order valence-corrected chi connectivity index (χ2v) is 27.7. The Balaban J connectivity index is 1.04. The molecule has 0 atom stereocenters. The van der Waals surface area contributed by atoms with Crippen LogP contribution in [0.5, 0.6) is 0 Å². The molecule has 11 aromatic carbocycles.